The van der Waals surface area contributed by atoms with Gasteiger partial charge in [-0.3, -0.25) is 0 Å². The highest BCUT2D eigenvalue weighted by Gasteiger charge is 2.34. The summed E-state index contributed by atoms with van der Waals surface area (Å²) in [5, 5.41) is 8.79. The van der Waals surface area contributed by atoms with Crippen molar-refractivity contribution in [3.63, 3.8) is 0 Å². The summed E-state index contributed by atoms with van der Waals surface area (Å²) >= 11 is 0. The van der Waals surface area contributed by atoms with E-state index in [4.69, 9.17) is 0 Å². The van der Waals surface area contributed by atoms with Crippen LogP contribution in [0.25, 0.3) is 10.8 Å². The normalized spacial score (nSPS) is 24.3. The number of benzene rings is 2. The monoisotopic (exact) mass is 295 g/mol. The lowest BCUT2D eigenvalue weighted by Crippen LogP contribution is -2.45. The molecule has 2 heterocycles. The lowest BCUT2D eigenvalue weighted by atomic mass is 9.89. The fourth-order valence-electron chi connectivity index (χ4n) is 3.75. The van der Waals surface area contributed by atoms with Crippen LogP contribution in [-0.4, -0.2) is 37.1 Å². The third-order valence-electron chi connectivity index (χ3n) is 5.02. The highest BCUT2D eigenvalue weighted by Crippen LogP contribution is 2.28. The van der Waals surface area contributed by atoms with Crippen LogP contribution in [0.15, 0.2) is 42.5 Å². The first kappa shape index (κ1) is 13.6. The molecular formula is C18H21N3O. The first-order valence-corrected chi connectivity index (χ1v) is 8.05. The van der Waals surface area contributed by atoms with Crippen molar-refractivity contribution in [3.05, 3.63) is 42.5 Å². The molecule has 2 unspecified atom stereocenters. The molecule has 0 bridgehead atoms. The van der Waals surface area contributed by atoms with E-state index in [1.54, 1.807) is 0 Å². The molecule has 114 valence electrons. The Morgan fingerprint density at radius 1 is 1.09 bits per heavy atom. The molecule has 4 rings (SSSR count). The standard InChI is InChI=1S/C18H21N3O/c22-18(21-9-8-14-10-19-11-15(14)12-21)20-17-7-3-5-13-4-1-2-6-16(13)17/h1-7,14-15,19H,8-12H2,(H,20,22). The van der Waals surface area contributed by atoms with Crippen LogP contribution in [0.5, 0.6) is 0 Å². The number of piperidine rings is 1. The lowest BCUT2D eigenvalue weighted by Gasteiger charge is -2.34. The van der Waals surface area contributed by atoms with Crippen LogP contribution in [0.3, 0.4) is 0 Å². The topological polar surface area (TPSA) is 44.4 Å². The van der Waals surface area contributed by atoms with Crippen molar-refractivity contribution in [3.8, 4) is 0 Å². The smallest absolute Gasteiger partial charge is 0.321 e. The van der Waals surface area contributed by atoms with E-state index in [9.17, 15) is 4.79 Å². The van der Waals surface area contributed by atoms with E-state index in [2.05, 4.69) is 28.8 Å². The molecule has 22 heavy (non-hydrogen) atoms. The number of likely N-dealkylation sites (tertiary alicyclic amines) is 1. The Bertz CT molecular complexity index is 694. The molecule has 2 amide bonds. The minimum Gasteiger partial charge on any atom is -0.324 e. The zero-order valence-electron chi connectivity index (χ0n) is 12.6. The predicted octanol–water partition coefficient (Wildman–Crippen LogP) is 2.91. The van der Waals surface area contributed by atoms with Gasteiger partial charge in [-0.05, 0) is 42.8 Å². The fourth-order valence-corrected chi connectivity index (χ4v) is 3.75. The number of nitrogens with zero attached hydrogens (tertiary/aromatic N) is 1. The number of nitrogens with one attached hydrogen (secondary N) is 2. The maximum Gasteiger partial charge on any atom is 0.321 e. The molecule has 2 fully saturated rings. The number of carbonyl (C=O) groups excluding carboxylic acids is 1. The molecule has 2 aromatic carbocycles. The first-order valence-electron chi connectivity index (χ1n) is 8.05. The summed E-state index contributed by atoms with van der Waals surface area (Å²) < 4.78 is 0. The van der Waals surface area contributed by atoms with Crippen LogP contribution >= 0.6 is 0 Å². The lowest BCUT2D eigenvalue weighted by molar-refractivity contribution is 0.161. The summed E-state index contributed by atoms with van der Waals surface area (Å²) in [7, 11) is 0. The maximum atomic E-state index is 12.6. The molecule has 0 spiro atoms. The van der Waals surface area contributed by atoms with Crippen molar-refractivity contribution in [2.24, 2.45) is 11.8 Å². The first-order chi connectivity index (χ1) is 10.8. The molecule has 0 aromatic heterocycles. The van der Waals surface area contributed by atoms with Crippen molar-refractivity contribution in [2.75, 3.05) is 31.5 Å². The third kappa shape index (κ3) is 2.44. The van der Waals surface area contributed by atoms with Crippen LogP contribution in [0.4, 0.5) is 10.5 Å². The van der Waals surface area contributed by atoms with E-state index in [0.717, 1.165) is 55.0 Å². The number of urea groups is 1. The van der Waals surface area contributed by atoms with Gasteiger partial charge in [-0.25, -0.2) is 4.79 Å². The van der Waals surface area contributed by atoms with Crippen molar-refractivity contribution < 1.29 is 4.79 Å². The second-order valence-electron chi connectivity index (χ2n) is 6.37. The second-order valence-corrected chi connectivity index (χ2v) is 6.37. The summed E-state index contributed by atoms with van der Waals surface area (Å²) in [6.07, 6.45) is 1.11. The predicted molar refractivity (Wildman–Crippen MR) is 89.0 cm³/mol. The molecule has 2 aliphatic rings. The average Bonchev–Trinajstić information content (AvgIpc) is 3.02. The summed E-state index contributed by atoms with van der Waals surface area (Å²) in [6.45, 7) is 3.89. The van der Waals surface area contributed by atoms with Crippen LogP contribution in [0.1, 0.15) is 6.42 Å². The van der Waals surface area contributed by atoms with Crippen LogP contribution in [0.2, 0.25) is 0 Å². The van der Waals surface area contributed by atoms with Crippen LogP contribution < -0.4 is 10.6 Å². The Labute approximate surface area is 130 Å². The number of hydrogen-bond donors (Lipinski definition) is 2. The Balaban J connectivity index is 1.51. The van der Waals surface area contributed by atoms with E-state index in [0.29, 0.717) is 5.92 Å². The summed E-state index contributed by atoms with van der Waals surface area (Å²) in [6, 6.07) is 14.2. The van der Waals surface area contributed by atoms with Gasteiger partial charge in [0.25, 0.3) is 0 Å². The molecule has 2 atom stereocenters. The Kier molecular flexibility index (Phi) is 3.47. The molecule has 4 heteroatoms. The number of rotatable bonds is 1. The zero-order valence-corrected chi connectivity index (χ0v) is 12.6. The molecule has 2 aromatic rings. The number of carbonyl (C=O) groups is 1. The molecule has 2 N–H and O–H groups in total. The Hall–Kier alpha value is -2.07. The van der Waals surface area contributed by atoms with Crippen molar-refractivity contribution in [1.29, 1.82) is 0 Å². The summed E-state index contributed by atoms with van der Waals surface area (Å²) in [4.78, 5) is 14.6. The fraction of sp³-hybridized carbons (Fsp3) is 0.389. The van der Waals surface area contributed by atoms with Gasteiger partial charge in [0.05, 0.1) is 5.69 Å². The van der Waals surface area contributed by atoms with Gasteiger partial charge in [-0.1, -0.05) is 36.4 Å². The Morgan fingerprint density at radius 2 is 1.91 bits per heavy atom. The second kappa shape index (κ2) is 5.61. The SMILES string of the molecule is O=C(Nc1cccc2ccccc12)N1CCC2CNCC2C1. The minimum atomic E-state index is 0.0294. The molecule has 2 saturated heterocycles. The van der Waals surface area contributed by atoms with E-state index >= 15 is 0 Å². The van der Waals surface area contributed by atoms with E-state index in [1.807, 2.05) is 29.2 Å². The minimum absolute atomic E-state index is 0.0294. The van der Waals surface area contributed by atoms with E-state index < -0.39 is 0 Å². The van der Waals surface area contributed by atoms with Gasteiger partial charge in [-0.2, -0.15) is 0 Å². The average molecular weight is 295 g/mol. The number of amides is 2. The van der Waals surface area contributed by atoms with Crippen molar-refractivity contribution in [2.45, 2.75) is 6.42 Å². The van der Waals surface area contributed by atoms with Gasteiger partial charge in [0.2, 0.25) is 0 Å². The number of hydrogen-bond acceptors (Lipinski definition) is 2. The molecule has 0 aliphatic carbocycles. The maximum absolute atomic E-state index is 12.6. The third-order valence-corrected chi connectivity index (χ3v) is 5.02. The highest BCUT2D eigenvalue weighted by molar-refractivity contribution is 6.01. The van der Waals surface area contributed by atoms with Crippen molar-refractivity contribution in [1.82, 2.24) is 10.2 Å². The van der Waals surface area contributed by atoms with Crippen LogP contribution in [0, 0.1) is 11.8 Å². The molecule has 2 aliphatic heterocycles. The largest absolute Gasteiger partial charge is 0.324 e. The van der Waals surface area contributed by atoms with Gasteiger partial charge < -0.3 is 15.5 Å². The molecule has 0 radical (unpaired) electrons. The molecular weight excluding hydrogens is 274 g/mol. The highest BCUT2D eigenvalue weighted by atomic mass is 16.2. The summed E-state index contributed by atoms with van der Waals surface area (Å²) in [5.41, 5.74) is 0.898. The van der Waals surface area contributed by atoms with E-state index in [1.165, 1.54) is 0 Å². The van der Waals surface area contributed by atoms with E-state index in [-0.39, 0.29) is 6.03 Å². The number of fused-ring (bicyclic) bond motifs is 2. The zero-order chi connectivity index (χ0) is 14.9. The summed E-state index contributed by atoms with van der Waals surface area (Å²) in [5.74, 6) is 1.37. The van der Waals surface area contributed by atoms with Gasteiger partial charge in [0.1, 0.15) is 0 Å². The number of anilines is 1. The Morgan fingerprint density at radius 3 is 2.86 bits per heavy atom. The van der Waals surface area contributed by atoms with Crippen LogP contribution in [-0.2, 0) is 0 Å². The van der Waals surface area contributed by atoms with Gasteiger partial charge in [0, 0.05) is 18.5 Å². The van der Waals surface area contributed by atoms with Gasteiger partial charge >= 0.3 is 6.03 Å². The molecule has 4 nitrogen and oxygen atoms in total. The molecule has 0 saturated carbocycles. The van der Waals surface area contributed by atoms with Crippen molar-refractivity contribution >= 4 is 22.5 Å². The van der Waals surface area contributed by atoms with Gasteiger partial charge in [0.15, 0.2) is 0 Å². The quantitative estimate of drug-likeness (QED) is 0.849. The van der Waals surface area contributed by atoms with Gasteiger partial charge in [-0.15, -0.1) is 0 Å².